The molecule has 2 saturated heterocycles. The zero-order chi connectivity index (χ0) is 19.4. The Morgan fingerprint density at radius 3 is 2.62 bits per heavy atom. The van der Waals surface area contributed by atoms with Gasteiger partial charge in [0.05, 0.1) is 11.3 Å². The highest BCUT2D eigenvalue weighted by Crippen LogP contribution is 2.33. The Hall–Kier alpha value is -3.32. The summed E-state index contributed by atoms with van der Waals surface area (Å²) in [4.78, 5) is 16.2. The van der Waals surface area contributed by atoms with Gasteiger partial charge in [0.25, 0.3) is 0 Å². The van der Waals surface area contributed by atoms with Crippen LogP contribution in [0.1, 0.15) is 6.42 Å². The lowest BCUT2D eigenvalue weighted by atomic mass is 10.2. The van der Waals surface area contributed by atoms with Crippen LogP contribution in [0.25, 0.3) is 28.2 Å². The summed E-state index contributed by atoms with van der Waals surface area (Å²) >= 11 is 0. The Balaban J connectivity index is 1.58. The van der Waals surface area contributed by atoms with Gasteiger partial charge in [-0.1, -0.05) is 12.1 Å². The average molecular weight is 386 g/mol. The van der Waals surface area contributed by atoms with Gasteiger partial charge < -0.3 is 10.2 Å². The van der Waals surface area contributed by atoms with Gasteiger partial charge in [-0.05, 0) is 42.8 Å². The van der Waals surface area contributed by atoms with E-state index in [2.05, 4.69) is 15.2 Å². The van der Waals surface area contributed by atoms with Gasteiger partial charge in [0.1, 0.15) is 23.0 Å². The standard InChI is InChI=1S/C22H19FN6/c23-18-4-2-1-3-17(18)21-26-19-5-6-20(28-13-14-11-16(28)12-25-14)27-22(19)29(21)15-7-9-24-10-8-15/h1-10,14,16,25H,11-13H2. The Bertz CT molecular complexity index is 1200. The van der Waals surface area contributed by atoms with Crippen LogP contribution >= 0.6 is 0 Å². The Morgan fingerprint density at radius 1 is 1.00 bits per heavy atom. The number of aromatic nitrogens is 4. The van der Waals surface area contributed by atoms with Crippen molar-refractivity contribution in [3.63, 3.8) is 0 Å². The molecule has 2 fully saturated rings. The van der Waals surface area contributed by atoms with E-state index >= 15 is 0 Å². The summed E-state index contributed by atoms with van der Waals surface area (Å²) in [6, 6.07) is 15.5. The van der Waals surface area contributed by atoms with Crippen LogP contribution in [-0.2, 0) is 0 Å². The number of nitrogens with zero attached hydrogens (tertiary/aromatic N) is 5. The van der Waals surface area contributed by atoms with Crippen LogP contribution < -0.4 is 10.2 Å². The SMILES string of the molecule is Fc1ccccc1-c1nc2ccc(N3CC4CC3CN4)nc2n1-c1ccncc1. The van der Waals surface area contributed by atoms with E-state index in [9.17, 15) is 4.39 Å². The Kier molecular flexibility index (Phi) is 3.64. The number of fused-ring (bicyclic) bond motifs is 3. The minimum atomic E-state index is -0.304. The van der Waals surface area contributed by atoms with Crippen molar-refractivity contribution in [2.24, 2.45) is 0 Å². The molecule has 29 heavy (non-hydrogen) atoms. The van der Waals surface area contributed by atoms with Crippen molar-refractivity contribution < 1.29 is 4.39 Å². The van der Waals surface area contributed by atoms with E-state index in [1.807, 2.05) is 34.9 Å². The van der Waals surface area contributed by atoms with Crippen molar-refractivity contribution >= 4 is 17.0 Å². The van der Waals surface area contributed by atoms with Crippen LogP contribution in [0.3, 0.4) is 0 Å². The Morgan fingerprint density at radius 2 is 1.86 bits per heavy atom. The molecule has 1 aromatic carbocycles. The zero-order valence-electron chi connectivity index (χ0n) is 15.7. The summed E-state index contributed by atoms with van der Waals surface area (Å²) in [6.45, 7) is 1.96. The minimum absolute atomic E-state index is 0.304. The Labute approximate surface area is 167 Å². The number of hydrogen-bond acceptors (Lipinski definition) is 5. The molecule has 5 heterocycles. The zero-order valence-corrected chi connectivity index (χ0v) is 15.7. The molecule has 0 aliphatic carbocycles. The van der Waals surface area contributed by atoms with E-state index in [1.54, 1.807) is 24.5 Å². The maximum atomic E-state index is 14.6. The molecule has 6 nitrogen and oxygen atoms in total. The summed E-state index contributed by atoms with van der Waals surface area (Å²) < 4.78 is 16.5. The topological polar surface area (TPSA) is 58.9 Å². The first-order chi connectivity index (χ1) is 14.3. The highest BCUT2D eigenvalue weighted by Gasteiger charge is 2.38. The van der Waals surface area contributed by atoms with Crippen molar-refractivity contribution in [1.29, 1.82) is 0 Å². The number of piperazine rings is 1. The number of benzene rings is 1. The van der Waals surface area contributed by atoms with E-state index < -0.39 is 0 Å². The molecule has 0 spiro atoms. The second kappa shape index (κ2) is 6.35. The summed E-state index contributed by atoms with van der Waals surface area (Å²) in [6.07, 6.45) is 4.60. The predicted molar refractivity (Wildman–Crippen MR) is 110 cm³/mol. The summed E-state index contributed by atoms with van der Waals surface area (Å²) in [7, 11) is 0. The lowest BCUT2D eigenvalue weighted by Crippen LogP contribution is -2.44. The van der Waals surface area contributed by atoms with Crippen LogP contribution in [0.5, 0.6) is 0 Å². The third kappa shape index (κ3) is 2.61. The van der Waals surface area contributed by atoms with Gasteiger partial charge >= 0.3 is 0 Å². The summed E-state index contributed by atoms with van der Waals surface area (Å²) in [5.74, 6) is 1.18. The highest BCUT2D eigenvalue weighted by molar-refractivity contribution is 5.81. The number of anilines is 1. The molecule has 4 aromatic rings. The minimum Gasteiger partial charge on any atom is -0.351 e. The molecule has 0 amide bonds. The van der Waals surface area contributed by atoms with Gasteiger partial charge in [0.2, 0.25) is 0 Å². The van der Waals surface area contributed by atoms with Gasteiger partial charge in [-0.25, -0.2) is 14.4 Å². The van der Waals surface area contributed by atoms with Crippen LogP contribution in [0.2, 0.25) is 0 Å². The molecule has 3 aromatic heterocycles. The molecule has 2 unspecified atom stereocenters. The van der Waals surface area contributed by atoms with E-state index in [1.165, 1.54) is 6.07 Å². The normalized spacial score (nSPS) is 20.7. The molecule has 7 heteroatoms. The fourth-order valence-corrected chi connectivity index (χ4v) is 4.51. The van der Waals surface area contributed by atoms with Gasteiger partial charge in [-0.15, -0.1) is 0 Å². The van der Waals surface area contributed by atoms with E-state index in [0.29, 0.717) is 23.5 Å². The number of rotatable bonds is 3. The molecule has 2 aliphatic heterocycles. The highest BCUT2D eigenvalue weighted by atomic mass is 19.1. The lowest BCUT2D eigenvalue weighted by Gasteiger charge is -2.28. The van der Waals surface area contributed by atoms with Crippen LogP contribution in [0, 0.1) is 5.82 Å². The monoisotopic (exact) mass is 386 g/mol. The smallest absolute Gasteiger partial charge is 0.167 e. The number of halogens is 1. The molecule has 2 atom stereocenters. The van der Waals surface area contributed by atoms with E-state index in [4.69, 9.17) is 9.97 Å². The summed E-state index contributed by atoms with van der Waals surface area (Å²) in [5, 5.41) is 3.53. The van der Waals surface area contributed by atoms with Gasteiger partial charge in [0.15, 0.2) is 5.65 Å². The van der Waals surface area contributed by atoms with Crippen molar-refractivity contribution in [2.45, 2.75) is 18.5 Å². The molecular weight excluding hydrogens is 367 g/mol. The largest absolute Gasteiger partial charge is 0.351 e. The molecular formula is C22H19FN6. The van der Waals surface area contributed by atoms with E-state index in [0.717, 1.165) is 42.2 Å². The van der Waals surface area contributed by atoms with Crippen molar-refractivity contribution in [1.82, 2.24) is 24.8 Å². The van der Waals surface area contributed by atoms with Crippen LogP contribution in [-0.4, -0.2) is 44.7 Å². The molecule has 0 radical (unpaired) electrons. The number of nitrogens with one attached hydrogen (secondary N) is 1. The molecule has 0 saturated carbocycles. The predicted octanol–water partition coefficient (Wildman–Crippen LogP) is 3.17. The molecule has 1 N–H and O–H groups in total. The van der Waals surface area contributed by atoms with Crippen molar-refractivity contribution in [2.75, 3.05) is 18.0 Å². The van der Waals surface area contributed by atoms with Crippen molar-refractivity contribution in [3.05, 3.63) is 66.7 Å². The molecule has 144 valence electrons. The quantitative estimate of drug-likeness (QED) is 0.586. The molecule has 2 aliphatic rings. The third-order valence-electron chi connectivity index (χ3n) is 5.88. The molecule has 2 bridgehead atoms. The van der Waals surface area contributed by atoms with Crippen molar-refractivity contribution in [3.8, 4) is 17.1 Å². The third-order valence-corrected chi connectivity index (χ3v) is 5.88. The fraction of sp³-hybridized carbons (Fsp3) is 0.227. The average Bonchev–Trinajstić information content (AvgIpc) is 3.48. The maximum Gasteiger partial charge on any atom is 0.167 e. The van der Waals surface area contributed by atoms with Crippen LogP contribution in [0.15, 0.2) is 60.9 Å². The lowest BCUT2D eigenvalue weighted by molar-refractivity contribution is 0.577. The van der Waals surface area contributed by atoms with Gasteiger partial charge in [-0.3, -0.25) is 9.55 Å². The first kappa shape index (κ1) is 16.6. The van der Waals surface area contributed by atoms with E-state index in [-0.39, 0.29) is 5.82 Å². The fourth-order valence-electron chi connectivity index (χ4n) is 4.51. The van der Waals surface area contributed by atoms with Crippen LogP contribution in [0.4, 0.5) is 10.2 Å². The van der Waals surface area contributed by atoms with Gasteiger partial charge in [-0.2, -0.15) is 0 Å². The second-order valence-corrected chi connectivity index (χ2v) is 7.62. The first-order valence-corrected chi connectivity index (χ1v) is 9.83. The first-order valence-electron chi connectivity index (χ1n) is 9.83. The molecule has 6 rings (SSSR count). The number of pyridine rings is 2. The summed E-state index contributed by atoms with van der Waals surface area (Å²) in [5.41, 5.74) is 2.78. The number of imidazole rings is 1. The maximum absolute atomic E-state index is 14.6. The van der Waals surface area contributed by atoms with Gasteiger partial charge in [0, 0.05) is 37.6 Å². The number of hydrogen-bond donors (Lipinski definition) is 1. The second-order valence-electron chi connectivity index (χ2n) is 7.62.